The van der Waals surface area contributed by atoms with Gasteiger partial charge in [0, 0.05) is 13.0 Å². The van der Waals surface area contributed by atoms with E-state index in [1.165, 1.54) is 0 Å². The molecule has 0 aromatic rings. The van der Waals surface area contributed by atoms with Crippen LogP contribution in [-0.4, -0.2) is 36.6 Å². The van der Waals surface area contributed by atoms with E-state index in [9.17, 15) is 9.59 Å². The van der Waals surface area contributed by atoms with Gasteiger partial charge in [-0.05, 0) is 25.8 Å². The number of aliphatic carboxylic acids is 1. The molecule has 1 amide bonds. The fourth-order valence-electron chi connectivity index (χ4n) is 1.07. The predicted molar refractivity (Wildman–Crippen MR) is 57.7 cm³/mol. The van der Waals surface area contributed by atoms with E-state index in [1.807, 2.05) is 6.92 Å². The summed E-state index contributed by atoms with van der Waals surface area (Å²) < 4.78 is 0. The highest BCUT2D eigenvalue weighted by Gasteiger charge is 2.00. The Morgan fingerprint density at radius 3 is 2.53 bits per heavy atom. The van der Waals surface area contributed by atoms with E-state index in [1.54, 1.807) is 0 Å². The molecular weight excluding hydrogens is 196 g/mol. The van der Waals surface area contributed by atoms with Gasteiger partial charge in [0.05, 0.1) is 6.54 Å². The predicted octanol–water partition coefficient (Wildman–Crippen LogP) is 0.357. The van der Waals surface area contributed by atoms with Crippen LogP contribution in [0.1, 0.15) is 32.6 Å². The summed E-state index contributed by atoms with van der Waals surface area (Å²) in [5.74, 6) is -0.815. The molecule has 0 fully saturated rings. The molecule has 0 radical (unpaired) electrons. The van der Waals surface area contributed by atoms with E-state index in [0.717, 1.165) is 13.0 Å². The van der Waals surface area contributed by atoms with Gasteiger partial charge in [0.15, 0.2) is 0 Å². The highest BCUT2D eigenvalue weighted by atomic mass is 16.4. The maximum atomic E-state index is 11.1. The molecule has 0 rings (SSSR count). The molecule has 88 valence electrons. The van der Waals surface area contributed by atoms with Gasteiger partial charge in [-0.3, -0.25) is 9.59 Å². The first kappa shape index (κ1) is 13.9. The monoisotopic (exact) mass is 216 g/mol. The third-order valence-corrected chi connectivity index (χ3v) is 1.85. The molecule has 0 aliphatic rings. The van der Waals surface area contributed by atoms with Gasteiger partial charge in [-0.1, -0.05) is 6.92 Å². The van der Waals surface area contributed by atoms with Crippen LogP contribution in [0.15, 0.2) is 0 Å². The Bertz CT molecular complexity index is 195. The molecule has 0 spiro atoms. The molecule has 0 heterocycles. The molecule has 0 aliphatic carbocycles. The fraction of sp³-hybridized carbons (Fsp3) is 0.800. The van der Waals surface area contributed by atoms with Crippen LogP contribution in [-0.2, 0) is 9.59 Å². The van der Waals surface area contributed by atoms with Crippen LogP contribution in [0, 0.1) is 0 Å². The second-order valence-electron chi connectivity index (χ2n) is 3.38. The maximum absolute atomic E-state index is 11.1. The van der Waals surface area contributed by atoms with Crippen molar-refractivity contribution in [1.82, 2.24) is 10.6 Å². The van der Waals surface area contributed by atoms with Crippen molar-refractivity contribution in [3.63, 3.8) is 0 Å². The zero-order valence-electron chi connectivity index (χ0n) is 9.21. The van der Waals surface area contributed by atoms with Gasteiger partial charge in [-0.25, -0.2) is 0 Å². The lowest BCUT2D eigenvalue weighted by Crippen LogP contribution is -2.34. The molecular formula is C10H20N2O3. The Labute approximate surface area is 90.2 Å². The Kier molecular flexibility index (Phi) is 8.76. The van der Waals surface area contributed by atoms with E-state index in [4.69, 9.17) is 5.11 Å². The van der Waals surface area contributed by atoms with Gasteiger partial charge in [-0.15, -0.1) is 0 Å². The number of carboxylic acids is 1. The number of carboxylic acid groups (broad SMARTS) is 1. The van der Waals surface area contributed by atoms with Gasteiger partial charge < -0.3 is 15.7 Å². The van der Waals surface area contributed by atoms with Crippen molar-refractivity contribution in [2.24, 2.45) is 0 Å². The van der Waals surface area contributed by atoms with Crippen LogP contribution in [0.4, 0.5) is 0 Å². The first-order chi connectivity index (χ1) is 7.16. The lowest BCUT2D eigenvalue weighted by atomic mass is 10.2. The molecule has 3 N–H and O–H groups in total. The van der Waals surface area contributed by atoms with Crippen molar-refractivity contribution in [1.29, 1.82) is 0 Å². The summed E-state index contributed by atoms with van der Waals surface area (Å²) >= 11 is 0. The summed E-state index contributed by atoms with van der Waals surface area (Å²) in [7, 11) is 0. The first-order valence-corrected chi connectivity index (χ1v) is 5.36. The number of hydrogen-bond donors (Lipinski definition) is 3. The SMILES string of the molecule is CCCNCC(=O)NCCCCC(=O)O. The molecule has 15 heavy (non-hydrogen) atoms. The average molecular weight is 216 g/mol. The molecule has 0 saturated heterocycles. The van der Waals surface area contributed by atoms with Gasteiger partial charge in [0.1, 0.15) is 0 Å². The van der Waals surface area contributed by atoms with E-state index in [-0.39, 0.29) is 12.3 Å². The van der Waals surface area contributed by atoms with Crippen LogP contribution in [0.2, 0.25) is 0 Å². The number of amides is 1. The summed E-state index contributed by atoms with van der Waals surface area (Å²) in [5, 5.41) is 14.1. The molecule has 0 atom stereocenters. The van der Waals surface area contributed by atoms with E-state index in [2.05, 4.69) is 10.6 Å². The Hall–Kier alpha value is -1.10. The Balaban J connectivity index is 3.20. The number of nitrogens with one attached hydrogen (secondary N) is 2. The Morgan fingerprint density at radius 2 is 1.93 bits per heavy atom. The van der Waals surface area contributed by atoms with Crippen LogP contribution in [0.3, 0.4) is 0 Å². The van der Waals surface area contributed by atoms with Gasteiger partial charge in [0.2, 0.25) is 5.91 Å². The van der Waals surface area contributed by atoms with E-state index < -0.39 is 5.97 Å². The molecule has 0 aliphatic heterocycles. The molecule has 5 nitrogen and oxygen atoms in total. The highest BCUT2D eigenvalue weighted by Crippen LogP contribution is 1.92. The molecule has 5 heteroatoms. The Morgan fingerprint density at radius 1 is 1.20 bits per heavy atom. The smallest absolute Gasteiger partial charge is 0.303 e. The minimum Gasteiger partial charge on any atom is -0.481 e. The second kappa shape index (κ2) is 9.45. The number of hydrogen-bond acceptors (Lipinski definition) is 3. The van der Waals surface area contributed by atoms with Gasteiger partial charge >= 0.3 is 5.97 Å². The molecule has 0 aromatic heterocycles. The van der Waals surface area contributed by atoms with E-state index >= 15 is 0 Å². The van der Waals surface area contributed by atoms with Crippen molar-refractivity contribution < 1.29 is 14.7 Å². The average Bonchev–Trinajstić information content (AvgIpc) is 2.17. The topological polar surface area (TPSA) is 78.4 Å². The maximum Gasteiger partial charge on any atom is 0.303 e. The second-order valence-corrected chi connectivity index (χ2v) is 3.38. The standard InChI is InChI=1S/C10H20N2O3/c1-2-6-11-8-9(13)12-7-4-3-5-10(14)15/h11H,2-8H2,1H3,(H,12,13)(H,14,15). The molecule has 0 bridgehead atoms. The zero-order valence-corrected chi connectivity index (χ0v) is 9.21. The lowest BCUT2D eigenvalue weighted by Gasteiger charge is -2.05. The summed E-state index contributed by atoms with van der Waals surface area (Å²) in [4.78, 5) is 21.3. The number of rotatable bonds is 9. The third-order valence-electron chi connectivity index (χ3n) is 1.85. The summed E-state index contributed by atoms with van der Waals surface area (Å²) in [5.41, 5.74) is 0. The minimum absolute atomic E-state index is 0.0289. The van der Waals surface area contributed by atoms with Crippen molar-refractivity contribution in [3.05, 3.63) is 0 Å². The number of unbranched alkanes of at least 4 members (excludes halogenated alkanes) is 1. The lowest BCUT2D eigenvalue weighted by molar-refractivity contribution is -0.137. The van der Waals surface area contributed by atoms with Crippen LogP contribution >= 0.6 is 0 Å². The first-order valence-electron chi connectivity index (χ1n) is 5.36. The third kappa shape index (κ3) is 10.8. The normalized spacial score (nSPS) is 9.93. The largest absolute Gasteiger partial charge is 0.481 e. The van der Waals surface area contributed by atoms with Crippen molar-refractivity contribution in [3.8, 4) is 0 Å². The molecule has 0 saturated carbocycles. The highest BCUT2D eigenvalue weighted by molar-refractivity contribution is 5.77. The number of carbonyl (C=O) groups is 2. The fourth-order valence-corrected chi connectivity index (χ4v) is 1.07. The number of carbonyl (C=O) groups excluding carboxylic acids is 1. The quantitative estimate of drug-likeness (QED) is 0.486. The minimum atomic E-state index is -0.786. The summed E-state index contributed by atoms with van der Waals surface area (Å²) in [6.45, 7) is 3.77. The van der Waals surface area contributed by atoms with Crippen molar-refractivity contribution >= 4 is 11.9 Å². The van der Waals surface area contributed by atoms with Crippen molar-refractivity contribution in [2.45, 2.75) is 32.6 Å². The molecule has 0 unspecified atom stereocenters. The van der Waals surface area contributed by atoms with Gasteiger partial charge in [0.25, 0.3) is 0 Å². The summed E-state index contributed by atoms with van der Waals surface area (Å²) in [6, 6.07) is 0. The van der Waals surface area contributed by atoms with E-state index in [0.29, 0.717) is 25.9 Å². The summed E-state index contributed by atoms with van der Waals surface area (Å²) in [6.07, 6.45) is 2.50. The van der Waals surface area contributed by atoms with Crippen molar-refractivity contribution in [2.75, 3.05) is 19.6 Å². The van der Waals surface area contributed by atoms with Crippen LogP contribution < -0.4 is 10.6 Å². The zero-order chi connectivity index (χ0) is 11.5. The van der Waals surface area contributed by atoms with Crippen LogP contribution in [0.5, 0.6) is 0 Å². The van der Waals surface area contributed by atoms with Crippen LogP contribution in [0.25, 0.3) is 0 Å². The van der Waals surface area contributed by atoms with Gasteiger partial charge in [-0.2, -0.15) is 0 Å². The molecule has 0 aromatic carbocycles.